The highest BCUT2D eigenvalue weighted by atomic mass is 32.2. The van der Waals surface area contributed by atoms with Crippen LogP contribution in [0, 0.1) is 5.92 Å². The SMILES string of the molecule is CN[n+]1ccc(SCC2C(=O)N3C(C(=O)O)=CCS[C@@H]23)cc1. The number of pyridine rings is 1. The highest BCUT2D eigenvalue weighted by Crippen LogP contribution is 2.43. The van der Waals surface area contributed by atoms with Crippen LogP contribution in [0.2, 0.25) is 0 Å². The molecule has 1 aromatic rings. The van der Waals surface area contributed by atoms with Crippen molar-refractivity contribution in [1.82, 2.24) is 4.90 Å². The zero-order valence-electron chi connectivity index (χ0n) is 11.9. The number of hydrogen-bond acceptors (Lipinski definition) is 5. The predicted octanol–water partition coefficient (Wildman–Crippen LogP) is 0.739. The third kappa shape index (κ3) is 2.68. The smallest absolute Gasteiger partial charge is 0.352 e. The number of amides is 1. The van der Waals surface area contributed by atoms with Gasteiger partial charge in [-0.3, -0.25) is 9.69 Å². The van der Waals surface area contributed by atoms with Crippen molar-refractivity contribution < 1.29 is 19.4 Å². The molecule has 3 heterocycles. The predicted molar refractivity (Wildman–Crippen MR) is 84.9 cm³/mol. The minimum atomic E-state index is -1.02. The Morgan fingerprint density at radius 1 is 1.55 bits per heavy atom. The number of aliphatic carboxylic acids is 1. The van der Waals surface area contributed by atoms with Crippen molar-refractivity contribution in [3.8, 4) is 0 Å². The average molecular weight is 338 g/mol. The maximum absolute atomic E-state index is 12.2. The van der Waals surface area contributed by atoms with E-state index in [1.54, 1.807) is 29.6 Å². The van der Waals surface area contributed by atoms with Crippen LogP contribution in [0.25, 0.3) is 0 Å². The number of carbonyl (C=O) groups is 2. The first-order valence-electron chi connectivity index (χ1n) is 6.82. The lowest BCUT2D eigenvalue weighted by Crippen LogP contribution is -2.61. The molecule has 0 radical (unpaired) electrons. The summed E-state index contributed by atoms with van der Waals surface area (Å²) in [5, 5.41) is 9.10. The van der Waals surface area contributed by atoms with E-state index in [9.17, 15) is 9.59 Å². The van der Waals surface area contributed by atoms with Crippen LogP contribution < -0.4 is 10.1 Å². The van der Waals surface area contributed by atoms with Gasteiger partial charge in [0.25, 0.3) is 0 Å². The Balaban J connectivity index is 1.62. The lowest BCUT2D eigenvalue weighted by molar-refractivity contribution is -0.647. The van der Waals surface area contributed by atoms with E-state index >= 15 is 0 Å². The standard InChI is InChI=1S/C14H15N3O3S2/c1-15-16-5-2-9(3-6-16)22-8-10-12(18)17-11(14(19)20)4-7-21-13(10)17/h2-6,10,13,15H,7-8H2,1H3/p+1/t10?,13-/m0/s1. The molecule has 1 fully saturated rings. The Labute approximate surface area is 136 Å². The average Bonchev–Trinajstić information content (AvgIpc) is 2.54. The van der Waals surface area contributed by atoms with Gasteiger partial charge in [-0.15, -0.1) is 23.5 Å². The van der Waals surface area contributed by atoms with Crippen molar-refractivity contribution in [2.75, 3.05) is 24.0 Å². The first-order valence-corrected chi connectivity index (χ1v) is 8.85. The largest absolute Gasteiger partial charge is 0.477 e. The van der Waals surface area contributed by atoms with Gasteiger partial charge in [0.15, 0.2) is 0 Å². The molecular weight excluding hydrogens is 322 g/mol. The summed E-state index contributed by atoms with van der Waals surface area (Å²) >= 11 is 3.25. The fourth-order valence-electron chi connectivity index (χ4n) is 2.48. The minimum absolute atomic E-state index is 0.0398. The molecule has 0 saturated carbocycles. The first kappa shape index (κ1) is 15.2. The van der Waals surface area contributed by atoms with Gasteiger partial charge in [0, 0.05) is 28.5 Å². The molecule has 2 atom stereocenters. The molecule has 2 aliphatic rings. The molecule has 0 aliphatic carbocycles. The van der Waals surface area contributed by atoms with Crippen molar-refractivity contribution >= 4 is 35.4 Å². The van der Waals surface area contributed by atoms with Gasteiger partial charge in [0.1, 0.15) is 5.70 Å². The Morgan fingerprint density at radius 2 is 2.27 bits per heavy atom. The summed E-state index contributed by atoms with van der Waals surface area (Å²) in [6, 6.07) is 3.97. The van der Waals surface area contributed by atoms with Crippen molar-refractivity contribution in [2.24, 2.45) is 5.92 Å². The van der Waals surface area contributed by atoms with Crippen LogP contribution in [-0.4, -0.2) is 45.8 Å². The van der Waals surface area contributed by atoms with Crippen molar-refractivity contribution in [3.05, 3.63) is 36.3 Å². The quantitative estimate of drug-likeness (QED) is 0.469. The van der Waals surface area contributed by atoms with E-state index in [0.29, 0.717) is 11.5 Å². The number of rotatable bonds is 5. The van der Waals surface area contributed by atoms with Gasteiger partial charge in [-0.05, 0) is 6.08 Å². The summed E-state index contributed by atoms with van der Waals surface area (Å²) in [7, 11) is 1.84. The number of fused-ring (bicyclic) bond motifs is 1. The number of carboxylic acid groups (broad SMARTS) is 1. The molecule has 0 bridgehead atoms. The lowest BCUT2D eigenvalue weighted by Gasteiger charge is -2.48. The second kappa shape index (κ2) is 6.21. The van der Waals surface area contributed by atoms with Crippen LogP contribution in [0.15, 0.2) is 41.2 Å². The molecule has 1 unspecified atom stereocenters. The zero-order chi connectivity index (χ0) is 15.7. The van der Waals surface area contributed by atoms with Gasteiger partial charge in [-0.1, -0.05) is 4.68 Å². The van der Waals surface area contributed by atoms with Crippen molar-refractivity contribution in [3.63, 3.8) is 0 Å². The van der Waals surface area contributed by atoms with Gasteiger partial charge in [-0.25, -0.2) is 4.79 Å². The summed E-state index contributed by atoms with van der Waals surface area (Å²) in [5.41, 5.74) is 3.11. The number of aromatic nitrogens is 1. The monoisotopic (exact) mass is 338 g/mol. The van der Waals surface area contributed by atoms with Crippen LogP contribution in [0.3, 0.4) is 0 Å². The molecule has 116 valence electrons. The molecule has 1 saturated heterocycles. The van der Waals surface area contributed by atoms with Gasteiger partial charge in [0.2, 0.25) is 18.3 Å². The maximum Gasteiger partial charge on any atom is 0.352 e. The molecule has 0 spiro atoms. The Kier molecular flexibility index (Phi) is 4.30. The number of carbonyl (C=O) groups excluding carboxylic acids is 1. The Morgan fingerprint density at radius 3 is 2.91 bits per heavy atom. The van der Waals surface area contributed by atoms with E-state index in [0.717, 1.165) is 4.90 Å². The summed E-state index contributed by atoms with van der Waals surface area (Å²) < 4.78 is 1.83. The third-order valence-electron chi connectivity index (χ3n) is 3.66. The zero-order valence-corrected chi connectivity index (χ0v) is 13.6. The fraction of sp³-hybridized carbons (Fsp3) is 0.357. The van der Waals surface area contributed by atoms with E-state index in [1.165, 1.54) is 4.90 Å². The van der Waals surface area contributed by atoms with Crippen LogP contribution in [0.5, 0.6) is 0 Å². The summed E-state index contributed by atoms with van der Waals surface area (Å²) in [4.78, 5) is 25.9. The van der Waals surface area contributed by atoms with E-state index in [2.05, 4.69) is 5.43 Å². The van der Waals surface area contributed by atoms with Crippen molar-refractivity contribution in [2.45, 2.75) is 10.3 Å². The summed E-state index contributed by atoms with van der Waals surface area (Å²) in [6.07, 6.45) is 5.44. The molecule has 0 aromatic carbocycles. The number of carboxylic acids is 1. The third-order valence-corrected chi connectivity index (χ3v) is 6.03. The van der Waals surface area contributed by atoms with Gasteiger partial charge in [0.05, 0.1) is 18.3 Å². The number of nitrogens with one attached hydrogen (secondary N) is 1. The van der Waals surface area contributed by atoms with E-state index in [-0.39, 0.29) is 22.9 Å². The number of nitrogens with zero attached hydrogens (tertiary/aromatic N) is 2. The molecule has 8 heteroatoms. The highest BCUT2D eigenvalue weighted by molar-refractivity contribution is 8.00. The summed E-state index contributed by atoms with van der Waals surface area (Å²) in [6.45, 7) is 0. The first-order chi connectivity index (χ1) is 10.6. The fourth-order valence-corrected chi connectivity index (χ4v) is 4.88. The molecule has 1 amide bonds. The van der Waals surface area contributed by atoms with Gasteiger partial charge in [-0.2, -0.15) is 5.43 Å². The molecular formula is C14H16N3O3S2+. The molecule has 22 heavy (non-hydrogen) atoms. The van der Waals surface area contributed by atoms with Crippen molar-refractivity contribution in [1.29, 1.82) is 0 Å². The number of β-lactam (4-membered cyclic amide) rings is 1. The van der Waals surface area contributed by atoms with Crippen LogP contribution in [0.4, 0.5) is 0 Å². The van der Waals surface area contributed by atoms with Crippen LogP contribution in [0.1, 0.15) is 0 Å². The van der Waals surface area contributed by atoms with Crippen LogP contribution in [-0.2, 0) is 9.59 Å². The van der Waals surface area contributed by atoms with Gasteiger partial charge >= 0.3 is 5.97 Å². The van der Waals surface area contributed by atoms with E-state index in [4.69, 9.17) is 5.11 Å². The topological polar surface area (TPSA) is 73.5 Å². The molecule has 6 nitrogen and oxygen atoms in total. The normalized spacial score (nSPS) is 23.4. The van der Waals surface area contributed by atoms with Gasteiger partial charge < -0.3 is 5.11 Å². The Hall–Kier alpha value is -1.67. The highest BCUT2D eigenvalue weighted by Gasteiger charge is 2.51. The second-order valence-corrected chi connectivity index (χ2v) is 7.15. The van der Waals surface area contributed by atoms with E-state index < -0.39 is 5.97 Å². The van der Waals surface area contributed by atoms with Crippen LogP contribution >= 0.6 is 23.5 Å². The van der Waals surface area contributed by atoms with E-state index in [1.807, 2.05) is 36.3 Å². The number of hydrogen-bond donors (Lipinski definition) is 2. The second-order valence-electron chi connectivity index (χ2n) is 4.91. The maximum atomic E-state index is 12.2. The minimum Gasteiger partial charge on any atom is -0.477 e. The molecule has 2 N–H and O–H groups in total. The molecule has 1 aromatic heterocycles. The Bertz CT molecular complexity index is 633. The molecule has 3 rings (SSSR count). The number of thioether (sulfide) groups is 2. The molecule has 2 aliphatic heterocycles. The summed E-state index contributed by atoms with van der Waals surface area (Å²) in [5.74, 6) is 0.0903. The lowest BCUT2D eigenvalue weighted by atomic mass is 9.99.